The second-order valence-electron chi connectivity index (χ2n) is 6.04. The zero-order valence-electron chi connectivity index (χ0n) is 12.7. The largest absolute Gasteiger partial charge is 0.418 e. The predicted octanol–water partition coefficient (Wildman–Crippen LogP) is 3.91. The molecule has 0 spiro atoms. The van der Waals surface area contributed by atoms with Gasteiger partial charge in [0.2, 0.25) is 0 Å². The fourth-order valence-corrected chi connectivity index (χ4v) is 1.89. The third-order valence-corrected chi connectivity index (χ3v) is 3.03. The van der Waals surface area contributed by atoms with Gasteiger partial charge in [0, 0.05) is 13.6 Å². The van der Waals surface area contributed by atoms with E-state index in [-0.39, 0.29) is 16.7 Å². The van der Waals surface area contributed by atoms with Crippen LogP contribution in [-0.2, 0) is 6.18 Å². The van der Waals surface area contributed by atoms with Gasteiger partial charge in [0.25, 0.3) is 5.91 Å². The van der Waals surface area contributed by atoms with Crippen LogP contribution in [0.25, 0.3) is 0 Å². The Bertz CT molecular complexity index is 505. The summed E-state index contributed by atoms with van der Waals surface area (Å²) in [6.07, 6.45) is -3.76. The van der Waals surface area contributed by atoms with Crippen LogP contribution < -0.4 is 10.6 Å². The van der Waals surface area contributed by atoms with Gasteiger partial charge in [0.15, 0.2) is 0 Å². The molecule has 1 aromatic rings. The number of nitrogens with one attached hydrogen (secondary N) is 2. The quantitative estimate of drug-likeness (QED) is 0.885. The zero-order chi connectivity index (χ0) is 16.3. The molecule has 2 N–H and O–H groups in total. The van der Waals surface area contributed by atoms with Crippen LogP contribution in [0.5, 0.6) is 0 Å². The lowest BCUT2D eigenvalue weighted by Crippen LogP contribution is -2.28. The summed E-state index contributed by atoms with van der Waals surface area (Å²) in [5.41, 5.74) is -0.986. The predicted molar refractivity (Wildman–Crippen MR) is 77.4 cm³/mol. The van der Waals surface area contributed by atoms with E-state index in [1.54, 1.807) is 0 Å². The summed E-state index contributed by atoms with van der Waals surface area (Å²) in [6, 6.07) is 3.58. The number of hydrogen-bond acceptors (Lipinski definition) is 2. The Labute approximate surface area is 122 Å². The number of anilines is 1. The monoisotopic (exact) mass is 302 g/mol. The lowest BCUT2D eigenvalue weighted by Gasteiger charge is -2.19. The van der Waals surface area contributed by atoms with Crippen molar-refractivity contribution >= 4 is 11.6 Å². The summed E-state index contributed by atoms with van der Waals surface area (Å²) in [7, 11) is 1.37. The minimum Gasteiger partial charge on any atom is -0.387 e. The van der Waals surface area contributed by atoms with Crippen molar-refractivity contribution in [2.45, 2.75) is 33.4 Å². The molecule has 0 aliphatic rings. The Hall–Kier alpha value is -1.72. The molecule has 0 saturated carbocycles. The normalized spacial score (nSPS) is 12.1. The van der Waals surface area contributed by atoms with Gasteiger partial charge < -0.3 is 10.6 Å². The van der Waals surface area contributed by atoms with E-state index in [9.17, 15) is 18.0 Å². The van der Waals surface area contributed by atoms with Gasteiger partial charge in [0.1, 0.15) is 0 Å². The number of carbonyl (C=O) groups excluding carboxylic acids is 1. The topological polar surface area (TPSA) is 41.1 Å². The number of halogens is 3. The molecule has 0 saturated heterocycles. The summed E-state index contributed by atoms with van der Waals surface area (Å²) < 4.78 is 38.7. The number of para-hydroxylation sites is 1. The maximum Gasteiger partial charge on any atom is 0.418 e. The number of amides is 1. The summed E-state index contributed by atoms with van der Waals surface area (Å²) >= 11 is 0. The molecule has 0 radical (unpaired) electrons. The van der Waals surface area contributed by atoms with Crippen LogP contribution in [0.2, 0.25) is 0 Å². The van der Waals surface area contributed by atoms with Gasteiger partial charge in [-0.1, -0.05) is 26.8 Å². The van der Waals surface area contributed by atoms with Crippen molar-refractivity contribution in [2.24, 2.45) is 5.41 Å². The highest BCUT2D eigenvalue weighted by Crippen LogP contribution is 2.36. The van der Waals surface area contributed by atoms with Gasteiger partial charge in [-0.05, 0) is 24.0 Å². The highest BCUT2D eigenvalue weighted by Gasteiger charge is 2.34. The maximum atomic E-state index is 12.9. The number of carbonyl (C=O) groups is 1. The first kappa shape index (κ1) is 17.3. The number of alkyl halides is 3. The Kier molecular flexibility index (Phi) is 5.25. The molecule has 0 heterocycles. The van der Waals surface area contributed by atoms with E-state index >= 15 is 0 Å². The second-order valence-corrected chi connectivity index (χ2v) is 6.04. The Balaban J connectivity index is 2.95. The lowest BCUT2D eigenvalue weighted by molar-refractivity contribution is -0.136. The van der Waals surface area contributed by atoms with Gasteiger partial charge in [0.05, 0.1) is 16.8 Å². The van der Waals surface area contributed by atoms with Gasteiger partial charge in [-0.15, -0.1) is 0 Å². The van der Waals surface area contributed by atoms with Crippen molar-refractivity contribution in [3.8, 4) is 0 Å². The fourth-order valence-electron chi connectivity index (χ4n) is 1.89. The first-order valence-corrected chi connectivity index (χ1v) is 6.72. The molecule has 0 aromatic heterocycles. The summed E-state index contributed by atoms with van der Waals surface area (Å²) in [5.74, 6) is -0.505. The molecule has 6 heteroatoms. The van der Waals surface area contributed by atoms with E-state index in [0.717, 1.165) is 12.5 Å². The Morgan fingerprint density at radius 3 is 2.29 bits per heavy atom. The summed E-state index contributed by atoms with van der Waals surface area (Å²) in [6.45, 7) is 6.51. The first-order valence-electron chi connectivity index (χ1n) is 6.72. The molecule has 1 rings (SSSR count). The highest BCUT2D eigenvalue weighted by atomic mass is 19.4. The zero-order valence-corrected chi connectivity index (χ0v) is 12.7. The molecule has 118 valence electrons. The Morgan fingerprint density at radius 1 is 1.19 bits per heavy atom. The van der Waals surface area contributed by atoms with E-state index in [1.165, 1.54) is 19.2 Å². The average molecular weight is 302 g/mol. The van der Waals surface area contributed by atoms with Crippen LogP contribution in [0.4, 0.5) is 18.9 Å². The minimum atomic E-state index is -4.50. The van der Waals surface area contributed by atoms with Crippen molar-refractivity contribution in [1.29, 1.82) is 0 Å². The minimum absolute atomic E-state index is 0.00114. The van der Waals surface area contributed by atoms with E-state index in [1.807, 2.05) is 20.8 Å². The van der Waals surface area contributed by atoms with Crippen molar-refractivity contribution in [3.05, 3.63) is 29.3 Å². The molecule has 0 atom stereocenters. The maximum absolute atomic E-state index is 12.9. The van der Waals surface area contributed by atoms with E-state index in [0.29, 0.717) is 6.54 Å². The average Bonchev–Trinajstić information content (AvgIpc) is 2.35. The van der Waals surface area contributed by atoms with Crippen molar-refractivity contribution in [1.82, 2.24) is 5.32 Å². The van der Waals surface area contributed by atoms with Gasteiger partial charge >= 0.3 is 6.18 Å². The Morgan fingerprint density at radius 2 is 1.81 bits per heavy atom. The van der Waals surface area contributed by atoms with E-state index < -0.39 is 17.6 Å². The van der Waals surface area contributed by atoms with Crippen LogP contribution in [0.15, 0.2) is 18.2 Å². The van der Waals surface area contributed by atoms with E-state index in [4.69, 9.17) is 0 Å². The molecule has 0 aliphatic carbocycles. The third kappa shape index (κ3) is 4.95. The fraction of sp³-hybridized carbons (Fsp3) is 0.533. The van der Waals surface area contributed by atoms with Crippen molar-refractivity contribution in [3.63, 3.8) is 0 Å². The lowest BCUT2D eigenvalue weighted by atomic mass is 9.92. The molecule has 0 bridgehead atoms. The van der Waals surface area contributed by atoms with Crippen LogP contribution in [0.1, 0.15) is 43.1 Å². The molecule has 0 fully saturated rings. The van der Waals surface area contributed by atoms with Gasteiger partial charge in [-0.3, -0.25) is 4.79 Å². The van der Waals surface area contributed by atoms with Crippen molar-refractivity contribution in [2.75, 3.05) is 18.9 Å². The molecular formula is C15H21F3N2O. The third-order valence-electron chi connectivity index (χ3n) is 3.03. The highest BCUT2D eigenvalue weighted by molar-refractivity contribution is 6.00. The summed E-state index contributed by atoms with van der Waals surface area (Å²) in [4.78, 5) is 12.1. The molecule has 1 aromatic carbocycles. The van der Waals surface area contributed by atoms with Gasteiger partial charge in [-0.2, -0.15) is 13.2 Å². The molecular weight excluding hydrogens is 281 g/mol. The smallest absolute Gasteiger partial charge is 0.387 e. The van der Waals surface area contributed by atoms with Crippen molar-refractivity contribution < 1.29 is 18.0 Å². The van der Waals surface area contributed by atoms with Crippen LogP contribution in [-0.4, -0.2) is 19.5 Å². The number of benzene rings is 1. The SMILES string of the molecule is CNc1c(C(=O)NCCC(C)(C)C)cccc1C(F)(F)F. The van der Waals surface area contributed by atoms with Gasteiger partial charge in [-0.25, -0.2) is 0 Å². The summed E-state index contributed by atoms with van der Waals surface area (Å²) in [5, 5.41) is 5.14. The standard InChI is InChI=1S/C15H21F3N2O/c1-14(2,3)8-9-20-13(21)10-6-5-7-11(12(10)19-4)15(16,17)18/h5-7,19H,8-9H2,1-4H3,(H,20,21). The molecule has 0 aliphatic heterocycles. The van der Waals surface area contributed by atoms with Crippen LogP contribution >= 0.6 is 0 Å². The van der Waals surface area contributed by atoms with Crippen LogP contribution in [0.3, 0.4) is 0 Å². The number of hydrogen-bond donors (Lipinski definition) is 2. The number of rotatable bonds is 4. The van der Waals surface area contributed by atoms with Crippen LogP contribution in [0, 0.1) is 5.41 Å². The molecule has 21 heavy (non-hydrogen) atoms. The molecule has 0 unspecified atom stereocenters. The van der Waals surface area contributed by atoms with E-state index in [2.05, 4.69) is 10.6 Å². The first-order chi connectivity index (χ1) is 9.56. The molecule has 3 nitrogen and oxygen atoms in total. The second kappa shape index (κ2) is 6.37. The molecule has 1 amide bonds.